The molecule has 1 aromatic heterocycles. The second-order valence-electron chi connectivity index (χ2n) is 9.20. The van der Waals surface area contributed by atoms with Crippen LogP contribution in [0.5, 0.6) is 0 Å². The van der Waals surface area contributed by atoms with Crippen LogP contribution in [0.15, 0.2) is 59.8 Å². The highest BCUT2D eigenvalue weighted by Gasteiger charge is 2.24. The smallest absolute Gasteiger partial charge is 0.233 e. The van der Waals surface area contributed by atoms with Crippen molar-refractivity contribution in [1.82, 2.24) is 14.9 Å². The molecule has 3 heterocycles. The van der Waals surface area contributed by atoms with E-state index in [9.17, 15) is 4.79 Å². The minimum atomic E-state index is 0.0841. The lowest BCUT2D eigenvalue weighted by molar-refractivity contribution is -0.128. The van der Waals surface area contributed by atoms with Crippen LogP contribution < -0.4 is 14.7 Å². The van der Waals surface area contributed by atoms with E-state index in [1.165, 1.54) is 23.0 Å². The van der Waals surface area contributed by atoms with Crippen molar-refractivity contribution in [2.75, 3.05) is 72.8 Å². The topological polar surface area (TPSA) is 55.8 Å². The lowest BCUT2D eigenvalue weighted by Gasteiger charge is -2.37. The molecule has 0 spiro atoms. The molecule has 0 unspecified atom stereocenters. The molecule has 2 aliphatic heterocycles. The molecule has 37 heavy (non-hydrogen) atoms. The molecule has 2 aromatic carbocycles. The predicted molar refractivity (Wildman–Crippen MR) is 154 cm³/mol. The van der Waals surface area contributed by atoms with E-state index in [0.717, 1.165) is 55.8 Å². The highest BCUT2D eigenvalue weighted by atomic mass is 35.5. The van der Waals surface area contributed by atoms with E-state index in [1.807, 2.05) is 35.2 Å². The summed E-state index contributed by atoms with van der Waals surface area (Å²) >= 11 is 14.0. The number of benzene rings is 2. The molecule has 3 aromatic rings. The maximum atomic E-state index is 12.9. The molecule has 2 fully saturated rings. The third kappa shape index (κ3) is 6.25. The monoisotopic (exact) mass is 556 g/mol. The van der Waals surface area contributed by atoms with Crippen LogP contribution in [0.3, 0.4) is 0 Å². The average Bonchev–Trinajstić information content (AvgIpc) is 2.92. The summed E-state index contributed by atoms with van der Waals surface area (Å²) in [4.78, 5) is 30.8. The number of piperazine rings is 2. The van der Waals surface area contributed by atoms with Crippen LogP contribution >= 0.6 is 35.0 Å². The van der Waals surface area contributed by atoms with Crippen LogP contribution in [0.1, 0.15) is 5.56 Å². The Kier molecular flexibility index (Phi) is 8.27. The van der Waals surface area contributed by atoms with Crippen molar-refractivity contribution in [2.45, 2.75) is 12.1 Å². The number of aryl methyl sites for hydroxylation is 1. The molecular weight excluding hydrogens is 527 g/mol. The number of carbonyl (C=O) groups excluding carboxylic acids is 1. The Morgan fingerprint density at radius 3 is 2.11 bits per heavy atom. The summed E-state index contributed by atoms with van der Waals surface area (Å²) < 4.78 is 0. The van der Waals surface area contributed by atoms with Gasteiger partial charge in [-0.15, -0.1) is 0 Å². The third-order valence-electron chi connectivity index (χ3n) is 6.87. The zero-order valence-electron chi connectivity index (χ0n) is 20.8. The summed E-state index contributed by atoms with van der Waals surface area (Å²) in [5.74, 6) is 1.18. The zero-order chi connectivity index (χ0) is 25.8. The van der Waals surface area contributed by atoms with Gasteiger partial charge in [0, 0.05) is 64.1 Å². The molecule has 1 amide bonds. The molecule has 10 heteroatoms. The van der Waals surface area contributed by atoms with Crippen molar-refractivity contribution in [3.63, 3.8) is 0 Å². The highest BCUT2D eigenvalue weighted by molar-refractivity contribution is 7.99. The van der Waals surface area contributed by atoms with Gasteiger partial charge >= 0.3 is 0 Å². The molecule has 0 saturated carbocycles. The molecule has 2 aliphatic rings. The van der Waals surface area contributed by atoms with Crippen LogP contribution in [0, 0.1) is 6.92 Å². The molecule has 5 rings (SSSR count). The molecule has 0 aliphatic carbocycles. The summed E-state index contributed by atoms with van der Waals surface area (Å²) in [6.07, 6.45) is 0. The third-order valence-corrected chi connectivity index (χ3v) is 8.22. The van der Waals surface area contributed by atoms with Gasteiger partial charge in [0.25, 0.3) is 0 Å². The van der Waals surface area contributed by atoms with Gasteiger partial charge in [0.2, 0.25) is 5.91 Å². The Balaban J connectivity index is 1.14. The second-order valence-corrected chi connectivity index (χ2v) is 10.9. The predicted octanol–water partition coefficient (Wildman–Crippen LogP) is 4.86. The molecular formula is C27H30Cl2N6OS. The summed E-state index contributed by atoms with van der Waals surface area (Å²) in [5.41, 5.74) is 3.59. The first-order chi connectivity index (χ1) is 18.0. The van der Waals surface area contributed by atoms with E-state index in [0.29, 0.717) is 23.4 Å². The van der Waals surface area contributed by atoms with Gasteiger partial charge < -0.3 is 19.6 Å². The van der Waals surface area contributed by atoms with Gasteiger partial charge in [0.05, 0.1) is 16.5 Å². The van der Waals surface area contributed by atoms with Gasteiger partial charge in [-0.05, 0) is 30.7 Å². The van der Waals surface area contributed by atoms with E-state index >= 15 is 0 Å². The second kappa shape index (κ2) is 11.8. The molecule has 0 N–H and O–H groups in total. The molecule has 0 bridgehead atoms. The van der Waals surface area contributed by atoms with E-state index in [1.54, 1.807) is 0 Å². The van der Waals surface area contributed by atoms with Crippen molar-refractivity contribution in [3.8, 4) is 0 Å². The number of halogens is 2. The number of hydrogen-bond acceptors (Lipinski definition) is 7. The van der Waals surface area contributed by atoms with Crippen LogP contribution in [0.4, 0.5) is 17.2 Å². The van der Waals surface area contributed by atoms with Crippen molar-refractivity contribution >= 4 is 58.1 Å². The molecule has 0 radical (unpaired) electrons. The summed E-state index contributed by atoms with van der Waals surface area (Å²) in [6, 6.07) is 18.1. The van der Waals surface area contributed by atoms with Crippen LogP contribution in [-0.4, -0.2) is 78.9 Å². The lowest BCUT2D eigenvalue weighted by Crippen LogP contribution is -2.49. The van der Waals surface area contributed by atoms with E-state index in [4.69, 9.17) is 28.2 Å². The van der Waals surface area contributed by atoms with Crippen molar-refractivity contribution in [1.29, 1.82) is 0 Å². The maximum absolute atomic E-state index is 12.9. The Morgan fingerprint density at radius 1 is 0.811 bits per heavy atom. The van der Waals surface area contributed by atoms with Crippen molar-refractivity contribution in [2.24, 2.45) is 0 Å². The van der Waals surface area contributed by atoms with E-state index in [-0.39, 0.29) is 11.7 Å². The number of aromatic nitrogens is 2. The first kappa shape index (κ1) is 25.9. The van der Waals surface area contributed by atoms with Crippen molar-refractivity contribution < 1.29 is 4.79 Å². The standard InChI is InChI=1S/C27H30Cl2N6OS/c1-20-6-2-4-8-22(20)32-10-14-34(15-11-32)25-18-24(29)30-27(31-25)37-19-26(36)35-16-12-33(13-17-35)23-9-5-3-7-21(23)28/h2-9,18H,10-17,19H2,1H3. The minimum Gasteiger partial charge on any atom is -0.368 e. The first-order valence-corrected chi connectivity index (χ1v) is 14.2. The number of carbonyl (C=O) groups is 1. The van der Waals surface area contributed by atoms with Gasteiger partial charge in [0.15, 0.2) is 5.16 Å². The van der Waals surface area contributed by atoms with E-state index in [2.05, 4.69) is 50.9 Å². The van der Waals surface area contributed by atoms with Gasteiger partial charge in [0.1, 0.15) is 11.0 Å². The molecule has 7 nitrogen and oxygen atoms in total. The average molecular weight is 558 g/mol. The fourth-order valence-electron chi connectivity index (χ4n) is 4.83. The van der Waals surface area contributed by atoms with Gasteiger partial charge in [-0.25, -0.2) is 9.97 Å². The number of hydrogen-bond donors (Lipinski definition) is 0. The quantitative estimate of drug-likeness (QED) is 0.244. The number of thioether (sulfide) groups is 1. The molecule has 2 saturated heterocycles. The Hall–Kier alpha value is -2.68. The normalized spacial score (nSPS) is 16.3. The zero-order valence-corrected chi connectivity index (χ0v) is 23.1. The van der Waals surface area contributed by atoms with Crippen LogP contribution in [0.25, 0.3) is 0 Å². The van der Waals surface area contributed by atoms with Crippen molar-refractivity contribution in [3.05, 3.63) is 70.3 Å². The number of nitrogens with zero attached hydrogens (tertiary/aromatic N) is 6. The number of anilines is 3. The first-order valence-electron chi connectivity index (χ1n) is 12.5. The Labute approximate surface area is 232 Å². The minimum absolute atomic E-state index is 0.0841. The van der Waals surface area contributed by atoms with Crippen LogP contribution in [-0.2, 0) is 4.79 Å². The number of para-hydroxylation sites is 2. The number of rotatable bonds is 6. The lowest BCUT2D eigenvalue weighted by atomic mass is 10.1. The van der Waals surface area contributed by atoms with Gasteiger partial charge in [-0.1, -0.05) is 65.3 Å². The molecule has 194 valence electrons. The SMILES string of the molecule is Cc1ccccc1N1CCN(c2cc(Cl)nc(SCC(=O)N3CCN(c4ccccc4Cl)CC3)n2)CC1. The fourth-order valence-corrected chi connectivity index (χ4v) is 6.07. The Morgan fingerprint density at radius 2 is 1.41 bits per heavy atom. The summed E-state index contributed by atoms with van der Waals surface area (Å²) in [6.45, 7) is 8.51. The number of amides is 1. The maximum Gasteiger partial charge on any atom is 0.233 e. The Bertz CT molecular complexity index is 1250. The molecule has 0 atom stereocenters. The summed E-state index contributed by atoms with van der Waals surface area (Å²) in [7, 11) is 0. The van der Waals surface area contributed by atoms with E-state index < -0.39 is 0 Å². The summed E-state index contributed by atoms with van der Waals surface area (Å²) in [5, 5.41) is 1.67. The van der Waals surface area contributed by atoms with Gasteiger partial charge in [-0.3, -0.25) is 4.79 Å². The highest BCUT2D eigenvalue weighted by Crippen LogP contribution is 2.28. The van der Waals surface area contributed by atoms with Gasteiger partial charge in [-0.2, -0.15) is 0 Å². The largest absolute Gasteiger partial charge is 0.368 e. The fraction of sp³-hybridized carbons (Fsp3) is 0.370. The van der Waals surface area contributed by atoms with Crippen LogP contribution in [0.2, 0.25) is 10.2 Å².